The van der Waals surface area contributed by atoms with Crippen molar-refractivity contribution in [2.45, 2.75) is 0 Å². The third kappa shape index (κ3) is 3.72. The van der Waals surface area contributed by atoms with Gasteiger partial charge < -0.3 is 4.74 Å². The Labute approximate surface area is 153 Å². The number of esters is 1. The summed E-state index contributed by atoms with van der Waals surface area (Å²) in [6, 6.07) is 27.6. The molecule has 3 nitrogen and oxygen atoms in total. The zero-order valence-corrected chi connectivity index (χ0v) is 14.9. The first kappa shape index (κ1) is 17.6. The molecule has 0 spiro atoms. The third-order valence-electron chi connectivity index (χ3n) is 3.75. The summed E-state index contributed by atoms with van der Waals surface area (Å²) in [4.78, 5) is 11.9. The number of carbonyl (C=O) groups is 1. The molecule has 3 aromatic carbocycles. The molecule has 126 valence electrons. The van der Waals surface area contributed by atoms with Gasteiger partial charge in [0.05, 0.1) is 5.56 Å². The van der Waals surface area contributed by atoms with Crippen LogP contribution in [-0.4, -0.2) is 5.97 Å². The Hall–Kier alpha value is -3.21. The summed E-state index contributed by atoms with van der Waals surface area (Å²) in [5.74, 6) is -0.274. The van der Waals surface area contributed by atoms with Gasteiger partial charge in [-0.15, -0.1) is 0 Å². The molecule has 0 saturated heterocycles. The van der Waals surface area contributed by atoms with Crippen LogP contribution in [0.4, 0.5) is 0 Å². The second kappa shape index (κ2) is 8.25. The monoisotopic (exact) mass is 357 g/mol. The van der Waals surface area contributed by atoms with Crippen LogP contribution >= 0.6 is 7.92 Å². The molecule has 0 saturated carbocycles. The number of ether oxygens (including phenoxy) is 1. The summed E-state index contributed by atoms with van der Waals surface area (Å²) >= 11 is 0. The Morgan fingerprint density at radius 2 is 1.50 bits per heavy atom. The Bertz CT molecular complexity index is 923. The summed E-state index contributed by atoms with van der Waals surface area (Å²) in [6.45, 7) is 3.45. The van der Waals surface area contributed by atoms with Crippen LogP contribution in [0.15, 0.2) is 91.5 Å². The molecule has 0 atom stereocenters. The molecule has 0 aliphatic rings. The SMILES string of the molecule is C=CC(=O)Oc1c(C#N)cccc1P(c1ccccc1)c1ccccc1. The van der Waals surface area contributed by atoms with E-state index in [1.165, 1.54) is 0 Å². The van der Waals surface area contributed by atoms with Crippen LogP contribution in [0.25, 0.3) is 0 Å². The van der Waals surface area contributed by atoms with Gasteiger partial charge in [-0.2, -0.15) is 5.26 Å². The maximum atomic E-state index is 11.9. The van der Waals surface area contributed by atoms with Crippen LogP contribution in [0.3, 0.4) is 0 Å². The van der Waals surface area contributed by atoms with Gasteiger partial charge in [0.15, 0.2) is 5.75 Å². The fraction of sp³-hybridized carbons (Fsp3) is 0. The van der Waals surface area contributed by atoms with Crippen LogP contribution in [0.2, 0.25) is 0 Å². The van der Waals surface area contributed by atoms with Crippen molar-refractivity contribution in [2.75, 3.05) is 0 Å². The number of benzene rings is 3. The molecule has 0 aliphatic carbocycles. The van der Waals surface area contributed by atoms with E-state index in [-0.39, 0.29) is 0 Å². The summed E-state index contributed by atoms with van der Waals surface area (Å²) in [5.41, 5.74) is 0.331. The number of nitrogens with zero attached hydrogens (tertiary/aromatic N) is 1. The number of nitriles is 1. The minimum absolute atomic E-state index is 0.304. The molecule has 26 heavy (non-hydrogen) atoms. The third-order valence-corrected chi connectivity index (χ3v) is 6.22. The highest BCUT2D eigenvalue weighted by atomic mass is 31.1. The van der Waals surface area contributed by atoms with Crippen molar-refractivity contribution in [3.63, 3.8) is 0 Å². The maximum absolute atomic E-state index is 11.9. The number of hydrogen-bond acceptors (Lipinski definition) is 3. The topological polar surface area (TPSA) is 50.1 Å². The van der Waals surface area contributed by atoms with E-state index in [1.807, 2.05) is 48.5 Å². The summed E-state index contributed by atoms with van der Waals surface area (Å²) < 4.78 is 5.48. The highest BCUT2D eigenvalue weighted by molar-refractivity contribution is 7.80. The molecule has 0 amide bonds. The number of para-hydroxylation sites is 1. The number of carbonyl (C=O) groups excluding carboxylic acids is 1. The molecular weight excluding hydrogens is 341 g/mol. The Kier molecular flexibility index (Phi) is 5.59. The van der Waals surface area contributed by atoms with E-state index >= 15 is 0 Å². The van der Waals surface area contributed by atoms with Crippen molar-refractivity contribution in [2.24, 2.45) is 0 Å². The number of hydrogen-bond donors (Lipinski definition) is 0. The van der Waals surface area contributed by atoms with Gasteiger partial charge in [0.25, 0.3) is 0 Å². The Morgan fingerprint density at radius 3 is 2.00 bits per heavy atom. The largest absolute Gasteiger partial charge is 0.421 e. The minimum Gasteiger partial charge on any atom is -0.421 e. The van der Waals surface area contributed by atoms with Gasteiger partial charge in [0.1, 0.15) is 6.07 Å². The molecule has 0 N–H and O–H groups in total. The van der Waals surface area contributed by atoms with Crippen molar-refractivity contribution in [1.82, 2.24) is 0 Å². The van der Waals surface area contributed by atoms with Gasteiger partial charge in [-0.1, -0.05) is 79.4 Å². The first-order chi connectivity index (χ1) is 12.7. The van der Waals surface area contributed by atoms with Crippen molar-refractivity contribution in [1.29, 1.82) is 5.26 Å². The van der Waals surface area contributed by atoms with Crippen LogP contribution in [0.5, 0.6) is 5.75 Å². The van der Waals surface area contributed by atoms with Crippen molar-refractivity contribution < 1.29 is 9.53 Å². The fourth-order valence-electron chi connectivity index (χ4n) is 2.62. The van der Waals surface area contributed by atoms with E-state index < -0.39 is 13.9 Å². The maximum Gasteiger partial charge on any atom is 0.335 e. The molecule has 3 aromatic rings. The van der Waals surface area contributed by atoms with Crippen LogP contribution in [0, 0.1) is 11.3 Å². The molecule has 3 rings (SSSR count). The molecule has 4 heteroatoms. The first-order valence-corrected chi connectivity index (χ1v) is 9.36. The zero-order chi connectivity index (χ0) is 18.4. The van der Waals surface area contributed by atoms with E-state index in [0.717, 1.165) is 22.0 Å². The van der Waals surface area contributed by atoms with E-state index in [4.69, 9.17) is 4.74 Å². The van der Waals surface area contributed by atoms with Gasteiger partial charge in [0.2, 0.25) is 0 Å². The fourth-order valence-corrected chi connectivity index (χ4v) is 5.02. The molecule has 0 aromatic heterocycles. The first-order valence-electron chi connectivity index (χ1n) is 8.02. The molecular formula is C22H16NO2P. The highest BCUT2D eigenvalue weighted by Crippen LogP contribution is 2.37. The zero-order valence-electron chi connectivity index (χ0n) is 14.0. The van der Waals surface area contributed by atoms with Crippen molar-refractivity contribution in [3.8, 4) is 11.8 Å². The highest BCUT2D eigenvalue weighted by Gasteiger charge is 2.23. The number of rotatable bonds is 5. The summed E-state index contributed by atoms with van der Waals surface area (Å²) in [5, 5.41) is 12.5. The van der Waals surface area contributed by atoms with Gasteiger partial charge in [-0.25, -0.2) is 4.79 Å². The van der Waals surface area contributed by atoms with Gasteiger partial charge in [0, 0.05) is 11.4 Å². The molecule has 0 heterocycles. The van der Waals surface area contributed by atoms with Gasteiger partial charge in [-0.05, 0) is 24.6 Å². The molecule has 0 radical (unpaired) electrons. The summed E-state index contributed by atoms with van der Waals surface area (Å²) in [6.07, 6.45) is 1.10. The van der Waals surface area contributed by atoms with Crippen molar-refractivity contribution >= 4 is 29.8 Å². The normalized spacial score (nSPS) is 10.2. The minimum atomic E-state index is -0.987. The van der Waals surface area contributed by atoms with Gasteiger partial charge >= 0.3 is 5.97 Å². The molecule has 0 aliphatic heterocycles. The van der Waals surface area contributed by atoms with Crippen LogP contribution in [0.1, 0.15) is 5.56 Å². The second-order valence-corrected chi connectivity index (χ2v) is 7.58. The average molecular weight is 357 g/mol. The van der Waals surface area contributed by atoms with E-state index in [0.29, 0.717) is 11.3 Å². The Morgan fingerprint density at radius 1 is 0.923 bits per heavy atom. The molecule has 0 bridgehead atoms. The lowest BCUT2D eigenvalue weighted by molar-refractivity contribution is -0.128. The van der Waals surface area contributed by atoms with E-state index in [1.54, 1.807) is 6.07 Å². The summed E-state index contributed by atoms with van der Waals surface area (Å²) in [7, 11) is -0.987. The standard InChI is InChI=1S/C22H16NO2P/c1-2-21(24)25-22-17(16-23)10-9-15-20(22)26(18-11-5-3-6-12-18)19-13-7-4-8-14-19/h2-15H,1H2. The lowest BCUT2D eigenvalue weighted by Gasteiger charge is -2.22. The van der Waals surface area contributed by atoms with Crippen molar-refractivity contribution in [3.05, 3.63) is 97.1 Å². The van der Waals surface area contributed by atoms with Crippen LogP contribution < -0.4 is 20.7 Å². The predicted molar refractivity (Wildman–Crippen MR) is 106 cm³/mol. The van der Waals surface area contributed by atoms with E-state index in [9.17, 15) is 10.1 Å². The Balaban J connectivity index is 2.24. The quantitative estimate of drug-likeness (QED) is 0.304. The van der Waals surface area contributed by atoms with Crippen LogP contribution in [-0.2, 0) is 4.79 Å². The lowest BCUT2D eigenvalue weighted by Crippen LogP contribution is -2.23. The molecule has 0 fully saturated rings. The molecule has 0 unspecified atom stereocenters. The predicted octanol–water partition coefficient (Wildman–Crippen LogP) is 3.41. The second-order valence-electron chi connectivity index (χ2n) is 5.40. The lowest BCUT2D eigenvalue weighted by atomic mass is 10.2. The van der Waals surface area contributed by atoms with E-state index in [2.05, 4.69) is 36.9 Å². The smallest absolute Gasteiger partial charge is 0.335 e. The average Bonchev–Trinajstić information content (AvgIpc) is 2.70. The van der Waals surface area contributed by atoms with Gasteiger partial charge in [-0.3, -0.25) is 0 Å².